The van der Waals surface area contributed by atoms with Crippen LogP contribution in [-0.4, -0.2) is 41.1 Å². The Morgan fingerprint density at radius 2 is 2.16 bits per heavy atom. The molecular weight excluding hydrogens is 240 g/mol. The Morgan fingerprint density at radius 1 is 1.26 bits per heavy atom. The molecule has 0 aromatic carbocycles. The summed E-state index contributed by atoms with van der Waals surface area (Å²) in [6.07, 6.45) is 5.52. The maximum Gasteiger partial charge on any atom is 0.134 e. The van der Waals surface area contributed by atoms with Crippen molar-refractivity contribution in [2.45, 2.75) is 6.54 Å². The molecule has 2 aromatic rings. The first-order chi connectivity index (χ1) is 9.42. The van der Waals surface area contributed by atoms with Gasteiger partial charge in [-0.15, -0.1) is 0 Å². The number of anilines is 2. The van der Waals surface area contributed by atoms with E-state index in [9.17, 15) is 0 Å². The number of hydrogen-bond donors (Lipinski definition) is 3. The highest BCUT2D eigenvalue weighted by molar-refractivity contribution is 5.48. The van der Waals surface area contributed by atoms with Crippen molar-refractivity contribution >= 4 is 11.6 Å². The van der Waals surface area contributed by atoms with Gasteiger partial charge in [-0.3, -0.25) is 0 Å². The zero-order valence-corrected chi connectivity index (χ0v) is 10.8. The first-order valence-corrected chi connectivity index (χ1v) is 6.55. The number of aromatic amines is 1. The minimum absolute atomic E-state index is 0.765. The molecule has 3 heterocycles. The van der Waals surface area contributed by atoms with E-state index < -0.39 is 0 Å². The lowest BCUT2D eigenvalue weighted by molar-refractivity contribution is 0.584. The lowest BCUT2D eigenvalue weighted by Crippen LogP contribution is -2.43. The van der Waals surface area contributed by atoms with E-state index in [1.54, 1.807) is 6.33 Å². The van der Waals surface area contributed by atoms with Gasteiger partial charge in [-0.2, -0.15) is 0 Å². The van der Waals surface area contributed by atoms with E-state index >= 15 is 0 Å². The fraction of sp³-hybridized carbons (Fsp3) is 0.385. The number of H-pyrrole nitrogens is 1. The van der Waals surface area contributed by atoms with Gasteiger partial charge in [-0.25, -0.2) is 9.97 Å². The molecule has 0 atom stereocenters. The second-order valence-electron chi connectivity index (χ2n) is 4.57. The van der Waals surface area contributed by atoms with Crippen LogP contribution in [0.15, 0.2) is 30.9 Å². The summed E-state index contributed by atoms with van der Waals surface area (Å²) in [6, 6.07) is 4.06. The highest BCUT2D eigenvalue weighted by Crippen LogP contribution is 2.15. The third kappa shape index (κ3) is 3.03. The molecule has 0 bridgehead atoms. The fourth-order valence-corrected chi connectivity index (χ4v) is 2.17. The van der Waals surface area contributed by atoms with Crippen LogP contribution in [0.3, 0.4) is 0 Å². The normalized spacial score (nSPS) is 15.5. The van der Waals surface area contributed by atoms with Crippen LogP contribution in [0.25, 0.3) is 0 Å². The number of piperazine rings is 1. The number of hydrogen-bond acceptors (Lipinski definition) is 5. The third-order valence-electron chi connectivity index (χ3n) is 3.23. The maximum atomic E-state index is 4.35. The Kier molecular flexibility index (Phi) is 3.60. The summed E-state index contributed by atoms with van der Waals surface area (Å²) in [5.74, 6) is 1.86. The topological polar surface area (TPSA) is 68.9 Å². The van der Waals surface area contributed by atoms with Gasteiger partial charge in [0.15, 0.2) is 0 Å². The quantitative estimate of drug-likeness (QED) is 0.758. The Labute approximate surface area is 112 Å². The zero-order valence-electron chi connectivity index (χ0n) is 10.8. The smallest absolute Gasteiger partial charge is 0.134 e. The summed E-state index contributed by atoms with van der Waals surface area (Å²) in [5.41, 5.74) is 1.21. The molecule has 100 valence electrons. The van der Waals surface area contributed by atoms with Crippen molar-refractivity contribution in [1.82, 2.24) is 20.3 Å². The van der Waals surface area contributed by atoms with E-state index in [-0.39, 0.29) is 0 Å². The van der Waals surface area contributed by atoms with Gasteiger partial charge in [0, 0.05) is 51.2 Å². The van der Waals surface area contributed by atoms with Gasteiger partial charge in [0.25, 0.3) is 0 Å². The molecule has 0 unspecified atom stereocenters. The van der Waals surface area contributed by atoms with Crippen LogP contribution in [0.4, 0.5) is 11.6 Å². The SMILES string of the molecule is c1nc(NCc2cc[nH]c2)cc(N2CCNCC2)n1. The van der Waals surface area contributed by atoms with Gasteiger partial charge in [0.2, 0.25) is 0 Å². The molecule has 0 aliphatic carbocycles. The number of nitrogens with zero attached hydrogens (tertiary/aromatic N) is 3. The Morgan fingerprint density at radius 3 is 2.95 bits per heavy atom. The first-order valence-electron chi connectivity index (χ1n) is 6.55. The largest absolute Gasteiger partial charge is 0.367 e. The lowest BCUT2D eigenvalue weighted by atomic mass is 10.3. The van der Waals surface area contributed by atoms with E-state index in [4.69, 9.17) is 0 Å². The first kappa shape index (κ1) is 12.0. The molecule has 19 heavy (non-hydrogen) atoms. The van der Waals surface area contributed by atoms with Crippen LogP contribution in [0.5, 0.6) is 0 Å². The minimum atomic E-state index is 0.765. The molecule has 0 spiro atoms. The van der Waals surface area contributed by atoms with Gasteiger partial charge in [-0.1, -0.05) is 0 Å². The predicted molar refractivity (Wildman–Crippen MR) is 75.2 cm³/mol. The van der Waals surface area contributed by atoms with Crippen molar-refractivity contribution < 1.29 is 0 Å². The van der Waals surface area contributed by atoms with Crippen molar-refractivity contribution in [3.05, 3.63) is 36.4 Å². The Bertz CT molecular complexity index is 504. The van der Waals surface area contributed by atoms with E-state index in [1.807, 2.05) is 24.5 Å². The lowest BCUT2D eigenvalue weighted by Gasteiger charge is -2.28. The second-order valence-corrected chi connectivity index (χ2v) is 4.57. The van der Waals surface area contributed by atoms with Gasteiger partial charge < -0.3 is 20.5 Å². The second kappa shape index (κ2) is 5.71. The average molecular weight is 258 g/mol. The van der Waals surface area contributed by atoms with Gasteiger partial charge in [0.05, 0.1) is 0 Å². The molecule has 1 saturated heterocycles. The van der Waals surface area contributed by atoms with E-state index in [0.29, 0.717) is 0 Å². The fourth-order valence-electron chi connectivity index (χ4n) is 2.17. The van der Waals surface area contributed by atoms with Crippen LogP contribution in [0.1, 0.15) is 5.56 Å². The van der Waals surface area contributed by atoms with Crippen LogP contribution < -0.4 is 15.5 Å². The van der Waals surface area contributed by atoms with E-state index in [0.717, 1.165) is 44.4 Å². The van der Waals surface area contributed by atoms with E-state index in [2.05, 4.69) is 30.5 Å². The molecule has 0 radical (unpaired) electrons. The molecular formula is C13H18N6. The molecule has 6 heteroatoms. The van der Waals surface area contributed by atoms with Crippen molar-refractivity contribution in [2.75, 3.05) is 36.4 Å². The molecule has 1 aliphatic rings. The molecule has 3 N–H and O–H groups in total. The summed E-state index contributed by atoms with van der Waals surface area (Å²) in [4.78, 5) is 13.9. The highest BCUT2D eigenvalue weighted by atomic mass is 15.2. The molecule has 3 rings (SSSR count). The van der Waals surface area contributed by atoms with Crippen molar-refractivity contribution in [3.8, 4) is 0 Å². The number of aromatic nitrogens is 3. The monoisotopic (exact) mass is 258 g/mol. The summed E-state index contributed by atoms with van der Waals surface area (Å²) in [5, 5.41) is 6.65. The number of rotatable bonds is 4. The summed E-state index contributed by atoms with van der Waals surface area (Å²) < 4.78 is 0. The van der Waals surface area contributed by atoms with Crippen LogP contribution in [0.2, 0.25) is 0 Å². The van der Waals surface area contributed by atoms with Gasteiger partial charge >= 0.3 is 0 Å². The van der Waals surface area contributed by atoms with Crippen molar-refractivity contribution in [1.29, 1.82) is 0 Å². The summed E-state index contributed by atoms with van der Waals surface area (Å²) in [7, 11) is 0. The highest BCUT2D eigenvalue weighted by Gasteiger charge is 2.12. The molecule has 6 nitrogen and oxygen atoms in total. The minimum Gasteiger partial charge on any atom is -0.367 e. The Hall–Kier alpha value is -2.08. The molecule has 0 amide bonds. The zero-order chi connectivity index (χ0) is 12.9. The predicted octanol–water partition coefficient (Wildman–Crippen LogP) is 0.826. The van der Waals surface area contributed by atoms with E-state index in [1.165, 1.54) is 5.56 Å². The third-order valence-corrected chi connectivity index (χ3v) is 3.23. The van der Waals surface area contributed by atoms with Crippen LogP contribution in [-0.2, 0) is 6.54 Å². The number of nitrogens with one attached hydrogen (secondary N) is 3. The molecule has 1 aliphatic heterocycles. The van der Waals surface area contributed by atoms with Crippen molar-refractivity contribution in [2.24, 2.45) is 0 Å². The van der Waals surface area contributed by atoms with Gasteiger partial charge in [-0.05, 0) is 11.6 Å². The Balaban J connectivity index is 1.65. The summed E-state index contributed by atoms with van der Waals surface area (Å²) >= 11 is 0. The van der Waals surface area contributed by atoms with Gasteiger partial charge in [0.1, 0.15) is 18.0 Å². The van der Waals surface area contributed by atoms with Crippen molar-refractivity contribution in [3.63, 3.8) is 0 Å². The maximum absolute atomic E-state index is 4.35. The molecule has 1 fully saturated rings. The average Bonchev–Trinajstić information content (AvgIpc) is 3.00. The molecule has 0 saturated carbocycles. The standard InChI is InChI=1S/C13H18N6/c1-2-15-8-11(1)9-16-12-7-13(18-10-17-12)19-5-3-14-4-6-19/h1-2,7-8,10,14-15H,3-6,9H2,(H,16,17,18). The summed E-state index contributed by atoms with van der Waals surface area (Å²) in [6.45, 7) is 4.77. The molecule has 2 aromatic heterocycles. The van der Waals surface area contributed by atoms with Crippen LogP contribution in [0, 0.1) is 0 Å². The van der Waals surface area contributed by atoms with Crippen LogP contribution >= 0.6 is 0 Å².